The van der Waals surface area contributed by atoms with Gasteiger partial charge in [-0.15, -0.1) is 0 Å². The molecule has 3 rings (SSSR count). The molecule has 0 spiro atoms. The summed E-state index contributed by atoms with van der Waals surface area (Å²) in [5.74, 6) is -0.680. The van der Waals surface area contributed by atoms with E-state index in [1.807, 2.05) is 6.07 Å². The number of benzene rings is 2. The molecule has 6 nitrogen and oxygen atoms in total. The van der Waals surface area contributed by atoms with Gasteiger partial charge in [0.25, 0.3) is 5.91 Å². The van der Waals surface area contributed by atoms with Gasteiger partial charge in [-0.2, -0.15) is 4.57 Å². The fourth-order valence-corrected chi connectivity index (χ4v) is 2.70. The number of rotatable bonds is 7. The Morgan fingerprint density at radius 3 is 2.10 bits per heavy atom. The number of hydrogen-bond donors (Lipinski definition) is 1. The van der Waals surface area contributed by atoms with Crippen LogP contribution in [0.2, 0.25) is 0 Å². The lowest BCUT2D eigenvalue weighted by atomic mass is 10.1. The van der Waals surface area contributed by atoms with E-state index in [1.165, 1.54) is 0 Å². The van der Waals surface area contributed by atoms with Gasteiger partial charge in [-0.25, -0.2) is 4.79 Å². The summed E-state index contributed by atoms with van der Waals surface area (Å²) in [6.07, 6.45) is 3.33. The van der Waals surface area contributed by atoms with Crippen molar-refractivity contribution in [2.24, 2.45) is 0 Å². The van der Waals surface area contributed by atoms with Gasteiger partial charge >= 0.3 is 5.97 Å². The fourth-order valence-electron chi connectivity index (χ4n) is 2.70. The van der Waals surface area contributed by atoms with Crippen LogP contribution >= 0.6 is 0 Å². The number of nitrogens with zero attached hydrogens (tertiary/aromatic N) is 1. The zero-order chi connectivity index (χ0) is 20.6. The zero-order valence-corrected chi connectivity index (χ0v) is 16.0. The van der Waals surface area contributed by atoms with Crippen LogP contribution in [0.4, 0.5) is 5.69 Å². The molecule has 3 aromatic rings. The number of ether oxygens (including phenoxy) is 1. The second kappa shape index (κ2) is 9.41. The molecule has 0 saturated heterocycles. The SMILES string of the molecule is CCOC(=O)c1cc[n+](CC(=O)c2ccc(NC(=O)c3ccccc3)cc2)cc1. The van der Waals surface area contributed by atoms with Gasteiger partial charge in [0.1, 0.15) is 0 Å². The molecule has 0 aliphatic carbocycles. The molecule has 0 fully saturated rings. The number of hydrogen-bond acceptors (Lipinski definition) is 4. The predicted octanol–water partition coefficient (Wildman–Crippen LogP) is 3.29. The first-order valence-electron chi connectivity index (χ1n) is 9.22. The molecule has 0 aliphatic rings. The van der Waals surface area contributed by atoms with Crippen molar-refractivity contribution >= 4 is 23.3 Å². The summed E-state index contributed by atoms with van der Waals surface area (Å²) >= 11 is 0. The first kappa shape index (κ1) is 19.9. The number of amides is 1. The molecule has 6 heteroatoms. The number of carbonyl (C=O) groups is 3. The maximum Gasteiger partial charge on any atom is 0.338 e. The van der Waals surface area contributed by atoms with Crippen molar-refractivity contribution in [2.45, 2.75) is 13.5 Å². The van der Waals surface area contributed by atoms with Gasteiger partial charge in [-0.1, -0.05) is 18.2 Å². The summed E-state index contributed by atoms with van der Waals surface area (Å²) in [5.41, 5.74) is 2.15. The molecule has 0 bridgehead atoms. The standard InChI is InChI=1S/C23H20N2O4/c1-2-29-23(28)19-12-14-25(15-13-19)16-21(26)17-8-10-20(11-9-17)24-22(27)18-6-4-3-5-7-18/h3-15H,2,16H2,1H3/p+1. The number of anilines is 1. The summed E-state index contributed by atoms with van der Waals surface area (Å²) in [5, 5.41) is 2.80. The smallest absolute Gasteiger partial charge is 0.338 e. The maximum atomic E-state index is 12.5. The van der Waals surface area contributed by atoms with E-state index in [1.54, 1.807) is 84.5 Å². The minimum absolute atomic E-state index is 0.0835. The Balaban J connectivity index is 1.60. The second-order valence-corrected chi connectivity index (χ2v) is 6.30. The van der Waals surface area contributed by atoms with Crippen molar-refractivity contribution in [3.8, 4) is 0 Å². The minimum Gasteiger partial charge on any atom is -0.462 e. The molecule has 1 aromatic heterocycles. The Kier molecular flexibility index (Phi) is 6.47. The molecule has 0 saturated carbocycles. The van der Waals surface area contributed by atoms with Crippen LogP contribution in [0.5, 0.6) is 0 Å². The van der Waals surface area contributed by atoms with E-state index in [0.29, 0.717) is 29.0 Å². The van der Waals surface area contributed by atoms with Crippen molar-refractivity contribution in [1.82, 2.24) is 0 Å². The normalized spacial score (nSPS) is 10.2. The first-order chi connectivity index (χ1) is 14.1. The van der Waals surface area contributed by atoms with E-state index in [9.17, 15) is 14.4 Å². The molecular weight excluding hydrogens is 368 g/mol. The second-order valence-electron chi connectivity index (χ2n) is 6.30. The highest BCUT2D eigenvalue weighted by atomic mass is 16.5. The van der Waals surface area contributed by atoms with Crippen molar-refractivity contribution in [2.75, 3.05) is 11.9 Å². The highest BCUT2D eigenvalue weighted by Gasteiger charge is 2.14. The van der Waals surface area contributed by atoms with Gasteiger partial charge < -0.3 is 10.1 Å². The predicted molar refractivity (Wildman–Crippen MR) is 108 cm³/mol. The van der Waals surface area contributed by atoms with Gasteiger partial charge in [0.05, 0.1) is 12.2 Å². The van der Waals surface area contributed by atoms with Crippen LogP contribution in [0.3, 0.4) is 0 Å². The average molecular weight is 389 g/mol. The molecule has 29 heavy (non-hydrogen) atoms. The average Bonchev–Trinajstić information content (AvgIpc) is 2.75. The summed E-state index contributed by atoms with van der Waals surface area (Å²) in [4.78, 5) is 36.3. The molecule has 146 valence electrons. The van der Waals surface area contributed by atoms with E-state index in [-0.39, 0.29) is 24.2 Å². The molecule has 0 aliphatic heterocycles. The number of ketones is 1. The van der Waals surface area contributed by atoms with Crippen LogP contribution in [0.25, 0.3) is 0 Å². The van der Waals surface area contributed by atoms with Crippen molar-refractivity contribution in [3.63, 3.8) is 0 Å². The summed E-state index contributed by atoms with van der Waals surface area (Å²) in [6.45, 7) is 2.20. The highest BCUT2D eigenvalue weighted by Crippen LogP contribution is 2.12. The van der Waals surface area contributed by atoms with Gasteiger partial charge in [0, 0.05) is 28.9 Å². The molecule has 2 aromatic carbocycles. The Morgan fingerprint density at radius 1 is 0.828 bits per heavy atom. The van der Waals surface area contributed by atoms with Crippen LogP contribution in [-0.4, -0.2) is 24.3 Å². The van der Waals surface area contributed by atoms with E-state index in [2.05, 4.69) is 5.32 Å². The Morgan fingerprint density at radius 2 is 1.48 bits per heavy atom. The molecule has 0 atom stereocenters. The number of carbonyl (C=O) groups excluding carboxylic acids is 3. The van der Waals surface area contributed by atoms with Crippen LogP contribution in [0, 0.1) is 0 Å². The van der Waals surface area contributed by atoms with Crippen LogP contribution in [0.15, 0.2) is 79.1 Å². The van der Waals surface area contributed by atoms with Gasteiger partial charge in [-0.05, 0) is 43.3 Å². The molecule has 0 unspecified atom stereocenters. The number of aromatic nitrogens is 1. The molecule has 0 radical (unpaired) electrons. The minimum atomic E-state index is -0.390. The zero-order valence-electron chi connectivity index (χ0n) is 16.0. The summed E-state index contributed by atoms with van der Waals surface area (Å²) < 4.78 is 6.63. The van der Waals surface area contributed by atoms with E-state index >= 15 is 0 Å². The van der Waals surface area contributed by atoms with Crippen LogP contribution in [-0.2, 0) is 11.3 Å². The Hall–Kier alpha value is -3.80. The highest BCUT2D eigenvalue weighted by molar-refractivity contribution is 6.04. The number of esters is 1. The van der Waals surface area contributed by atoms with Crippen LogP contribution < -0.4 is 9.88 Å². The number of nitrogens with one attached hydrogen (secondary N) is 1. The summed E-state index contributed by atoms with van der Waals surface area (Å²) in [6, 6.07) is 18.9. The third-order valence-corrected chi connectivity index (χ3v) is 4.23. The van der Waals surface area contributed by atoms with Gasteiger partial charge in [-0.3, -0.25) is 9.59 Å². The van der Waals surface area contributed by atoms with Gasteiger partial charge in [0.15, 0.2) is 12.4 Å². The maximum absolute atomic E-state index is 12.5. The topological polar surface area (TPSA) is 76.3 Å². The first-order valence-corrected chi connectivity index (χ1v) is 9.22. The van der Waals surface area contributed by atoms with E-state index < -0.39 is 0 Å². The van der Waals surface area contributed by atoms with Crippen LogP contribution in [0.1, 0.15) is 38.0 Å². The number of Topliss-reactive ketones (excluding diaryl/α,β-unsaturated/α-hetero) is 1. The molecule has 1 heterocycles. The van der Waals surface area contributed by atoms with Crippen molar-refractivity contribution in [3.05, 3.63) is 95.8 Å². The quantitative estimate of drug-likeness (QED) is 0.382. The van der Waals surface area contributed by atoms with E-state index in [0.717, 1.165) is 0 Å². The third kappa shape index (κ3) is 5.35. The van der Waals surface area contributed by atoms with Gasteiger partial charge in [0.2, 0.25) is 12.3 Å². The Bertz CT molecular complexity index is 997. The molecule has 1 amide bonds. The lowest BCUT2D eigenvalue weighted by Gasteiger charge is -2.06. The summed E-state index contributed by atoms with van der Waals surface area (Å²) in [7, 11) is 0. The number of pyridine rings is 1. The largest absolute Gasteiger partial charge is 0.462 e. The van der Waals surface area contributed by atoms with Crippen molar-refractivity contribution in [1.29, 1.82) is 0 Å². The molecule has 1 N–H and O–H groups in total. The lowest BCUT2D eigenvalue weighted by Crippen LogP contribution is -2.37. The Labute approximate surface area is 168 Å². The van der Waals surface area contributed by atoms with Crippen molar-refractivity contribution < 1.29 is 23.7 Å². The fraction of sp³-hybridized carbons (Fsp3) is 0.130. The molecular formula is C23H21N2O4+. The third-order valence-electron chi connectivity index (χ3n) is 4.23. The lowest BCUT2D eigenvalue weighted by molar-refractivity contribution is -0.683. The monoisotopic (exact) mass is 389 g/mol. The van der Waals surface area contributed by atoms with E-state index in [4.69, 9.17) is 4.74 Å².